The maximum Gasteiger partial charge on any atom is 0.221 e. The second-order valence-corrected chi connectivity index (χ2v) is 8.83. The first-order valence-electron chi connectivity index (χ1n) is 12.0. The number of hydrogen-bond donors (Lipinski definition) is 2. The van der Waals surface area contributed by atoms with E-state index in [4.69, 9.17) is 4.74 Å². The molecular formula is C28H28FN5O2. The minimum absolute atomic E-state index is 0.0720. The van der Waals surface area contributed by atoms with E-state index in [1.165, 1.54) is 36.5 Å². The standard InChI is InChI=1S/C28H28FN5O2/c1-3-36-26-9-6-21(29)14-23(26)27-24-15-25(33-28(24)31-17-30-27)20-10-12-34(13-11-20)16-19-4-7-22(8-5-19)32-18(2)35/h4-10,14-15,17H,3,11-13,16H2,1-2H3,(H,32,35)(H,30,31,33). The number of nitrogens with zero attached hydrogens (tertiary/aromatic N) is 3. The zero-order valence-electron chi connectivity index (χ0n) is 20.3. The van der Waals surface area contributed by atoms with Crippen LogP contribution < -0.4 is 10.1 Å². The SMILES string of the molecule is CCOc1ccc(F)cc1-c1ncnc2[nH]c(C3=CCN(Cc4ccc(NC(C)=O)cc4)CC3)cc12. The molecule has 1 aliphatic rings. The minimum atomic E-state index is -0.337. The summed E-state index contributed by atoms with van der Waals surface area (Å²) in [5.41, 5.74) is 6.20. The van der Waals surface area contributed by atoms with Gasteiger partial charge in [0.15, 0.2) is 0 Å². The van der Waals surface area contributed by atoms with Crippen LogP contribution in [0.1, 0.15) is 31.5 Å². The normalized spacial score (nSPS) is 14.0. The number of carbonyl (C=O) groups excluding carboxylic acids is 1. The van der Waals surface area contributed by atoms with E-state index in [9.17, 15) is 9.18 Å². The predicted molar refractivity (Wildman–Crippen MR) is 139 cm³/mol. The summed E-state index contributed by atoms with van der Waals surface area (Å²) in [6, 6.07) is 14.5. The second kappa shape index (κ2) is 10.3. The molecule has 2 aromatic heterocycles. The molecule has 0 bridgehead atoms. The number of hydrogen-bond acceptors (Lipinski definition) is 5. The number of benzene rings is 2. The highest BCUT2D eigenvalue weighted by Gasteiger charge is 2.19. The number of H-pyrrole nitrogens is 1. The molecule has 7 nitrogen and oxygen atoms in total. The molecule has 8 heteroatoms. The summed E-state index contributed by atoms with van der Waals surface area (Å²) in [5, 5.41) is 3.63. The number of amides is 1. The number of aromatic amines is 1. The van der Waals surface area contributed by atoms with Gasteiger partial charge in [0.05, 0.1) is 12.3 Å². The van der Waals surface area contributed by atoms with Crippen LogP contribution in [-0.2, 0) is 11.3 Å². The van der Waals surface area contributed by atoms with Crippen molar-refractivity contribution >= 4 is 28.2 Å². The molecule has 0 unspecified atom stereocenters. The Morgan fingerprint density at radius 1 is 1.17 bits per heavy atom. The van der Waals surface area contributed by atoms with Gasteiger partial charge >= 0.3 is 0 Å². The number of fused-ring (bicyclic) bond motifs is 1. The molecule has 0 atom stereocenters. The van der Waals surface area contributed by atoms with E-state index in [-0.39, 0.29) is 11.7 Å². The van der Waals surface area contributed by atoms with Gasteiger partial charge in [0, 0.05) is 48.9 Å². The number of ether oxygens (including phenoxy) is 1. The van der Waals surface area contributed by atoms with E-state index in [2.05, 4.69) is 31.2 Å². The summed E-state index contributed by atoms with van der Waals surface area (Å²) in [7, 11) is 0. The quantitative estimate of drug-likeness (QED) is 0.366. The molecule has 1 aliphatic heterocycles. The number of nitrogens with one attached hydrogen (secondary N) is 2. The second-order valence-electron chi connectivity index (χ2n) is 8.83. The van der Waals surface area contributed by atoms with Crippen LogP contribution in [0.2, 0.25) is 0 Å². The van der Waals surface area contributed by atoms with Gasteiger partial charge in [-0.05, 0) is 60.9 Å². The van der Waals surface area contributed by atoms with Crippen LogP contribution in [-0.4, -0.2) is 45.5 Å². The highest BCUT2D eigenvalue weighted by atomic mass is 19.1. The van der Waals surface area contributed by atoms with Crippen LogP contribution in [0.5, 0.6) is 5.75 Å². The number of carbonyl (C=O) groups is 1. The minimum Gasteiger partial charge on any atom is -0.493 e. The Kier molecular flexibility index (Phi) is 6.77. The molecule has 36 heavy (non-hydrogen) atoms. The molecule has 0 spiro atoms. The van der Waals surface area contributed by atoms with Gasteiger partial charge < -0.3 is 15.0 Å². The van der Waals surface area contributed by atoms with Gasteiger partial charge in [0.25, 0.3) is 0 Å². The lowest BCUT2D eigenvalue weighted by molar-refractivity contribution is -0.114. The van der Waals surface area contributed by atoms with E-state index in [1.54, 1.807) is 6.07 Å². The Hall–Kier alpha value is -4.04. The first-order chi connectivity index (χ1) is 17.5. The van der Waals surface area contributed by atoms with E-state index in [1.807, 2.05) is 37.3 Å². The largest absolute Gasteiger partial charge is 0.493 e. The fourth-order valence-electron chi connectivity index (χ4n) is 4.55. The third-order valence-electron chi connectivity index (χ3n) is 6.24. The summed E-state index contributed by atoms with van der Waals surface area (Å²) in [5.74, 6) is 0.187. The zero-order valence-corrected chi connectivity index (χ0v) is 20.3. The van der Waals surface area contributed by atoms with Crippen molar-refractivity contribution in [2.45, 2.75) is 26.8 Å². The third-order valence-corrected chi connectivity index (χ3v) is 6.24. The van der Waals surface area contributed by atoms with Gasteiger partial charge in [-0.1, -0.05) is 18.2 Å². The molecule has 184 valence electrons. The predicted octanol–water partition coefficient (Wildman–Crippen LogP) is 5.41. The smallest absolute Gasteiger partial charge is 0.221 e. The van der Waals surface area contributed by atoms with Crippen molar-refractivity contribution in [3.05, 3.63) is 78.0 Å². The van der Waals surface area contributed by atoms with Crippen LogP contribution >= 0.6 is 0 Å². The molecule has 0 saturated heterocycles. The van der Waals surface area contributed by atoms with E-state index in [0.717, 1.165) is 42.8 Å². The number of aromatic nitrogens is 3. The maximum atomic E-state index is 14.1. The van der Waals surface area contributed by atoms with Gasteiger partial charge in [-0.25, -0.2) is 14.4 Å². The Morgan fingerprint density at radius 2 is 2.00 bits per heavy atom. The average molecular weight is 486 g/mol. The summed E-state index contributed by atoms with van der Waals surface area (Å²) >= 11 is 0. The fourth-order valence-corrected chi connectivity index (χ4v) is 4.55. The number of rotatable bonds is 7. The Labute approximate surface area is 209 Å². The zero-order chi connectivity index (χ0) is 25.1. The lowest BCUT2D eigenvalue weighted by Crippen LogP contribution is -2.28. The van der Waals surface area contributed by atoms with Gasteiger partial charge in [-0.15, -0.1) is 0 Å². The molecule has 3 heterocycles. The van der Waals surface area contributed by atoms with Crippen LogP contribution in [0.25, 0.3) is 27.9 Å². The van der Waals surface area contributed by atoms with E-state index in [0.29, 0.717) is 29.3 Å². The van der Waals surface area contributed by atoms with Crippen LogP contribution in [0, 0.1) is 5.82 Å². The molecule has 0 aliphatic carbocycles. The van der Waals surface area contributed by atoms with Gasteiger partial charge in [0.2, 0.25) is 5.91 Å². The Bertz CT molecular complexity index is 1430. The van der Waals surface area contributed by atoms with Crippen molar-refractivity contribution in [1.29, 1.82) is 0 Å². The van der Waals surface area contributed by atoms with Crippen molar-refractivity contribution in [3.63, 3.8) is 0 Å². The summed E-state index contributed by atoms with van der Waals surface area (Å²) < 4.78 is 19.8. The van der Waals surface area contributed by atoms with Crippen molar-refractivity contribution in [2.75, 3.05) is 25.0 Å². The summed E-state index contributed by atoms with van der Waals surface area (Å²) in [4.78, 5) is 25.9. The molecule has 0 radical (unpaired) electrons. The lowest BCUT2D eigenvalue weighted by atomic mass is 10.0. The highest BCUT2D eigenvalue weighted by molar-refractivity contribution is 5.94. The average Bonchev–Trinajstić information content (AvgIpc) is 3.31. The van der Waals surface area contributed by atoms with Crippen LogP contribution in [0.3, 0.4) is 0 Å². The van der Waals surface area contributed by atoms with E-state index >= 15 is 0 Å². The molecular weight excluding hydrogens is 457 g/mol. The molecule has 2 aromatic carbocycles. The van der Waals surface area contributed by atoms with Gasteiger partial charge in [0.1, 0.15) is 23.5 Å². The monoisotopic (exact) mass is 485 g/mol. The summed E-state index contributed by atoms with van der Waals surface area (Å²) in [6.07, 6.45) is 4.62. The molecule has 1 amide bonds. The van der Waals surface area contributed by atoms with Crippen molar-refractivity contribution in [2.24, 2.45) is 0 Å². The van der Waals surface area contributed by atoms with Gasteiger partial charge in [-0.2, -0.15) is 0 Å². The fraction of sp³-hybridized carbons (Fsp3) is 0.250. The maximum absolute atomic E-state index is 14.1. The lowest BCUT2D eigenvalue weighted by Gasteiger charge is -2.26. The number of halogens is 1. The van der Waals surface area contributed by atoms with Crippen LogP contribution in [0.4, 0.5) is 10.1 Å². The summed E-state index contributed by atoms with van der Waals surface area (Å²) in [6.45, 7) is 6.48. The van der Waals surface area contributed by atoms with Gasteiger partial charge in [-0.3, -0.25) is 9.69 Å². The number of anilines is 1. The highest BCUT2D eigenvalue weighted by Crippen LogP contribution is 2.35. The third kappa shape index (κ3) is 5.13. The molecule has 2 N–H and O–H groups in total. The van der Waals surface area contributed by atoms with Crippen molar-refractivity contribution in [1.82, 2.24) is 19.9 Å². The Balaban J connectivity index is 1.35. The topological polar surface area (TPSA) is 83.1 Å². The molecule has 0 saturated carbocycles. The molecule has 0 fully saturated rings. The first-order valence-corrected chi connectivity index (χ1v) is 12.0. The van der Waals surface area contributed by atoms with Crippen LogP contribution in [0.15, 0.2) is 60.9 Å². The Morgan fingerprint density at radius 3 is 2.72 bits per heavy atom. The van der Waals surface area contributed by atoms with E-state index < -0.39 is 0 Å². The molecule has 4 aromatic rings. The van der Waals surface area contributed by atoms with Crippen molar-refractivity contribution < 1.29 is 13.9 Å². The van der Waals surface area contributed by atoms with Crippen molar-refractivity contribution in [3.8, 4) is 17.0 Å². The first kappa shape index (κ1) is 23.7. The molecule has 5 rings (SSSR count).